The fraction of sp³-hybridized carbons (Fsp3) is 0.412. The summed E-state index contributed by atoms with van der Waals surface area (Å²) in [4.78, 5) is 11.3. The number of hydrogen-bond donors (Lipinski definition) is 2. The Bertz CT molecular complexity index is 601. The van der Waals surface area contributed by atoms with Crippen molar-refractivity contribution in [3.63, 3.8) is 0 Å². The van der Waals surface area contributed by atoms with Gasteiger partial charge in [-0.3, -0.25) is 0 Å². The van der Waals surface area contributed by atoms with E-state index in [4.69, 9.17) is 0 Å². The van der Waals surface area contributed by atoms with Gasteiger partial charge in [0.25, 0.3) is 0 Å². The summed E-state index contributed by atoms with van der Waals surface area (Å²) in [6.07, 6.45) is 2.98. The first-order chi connectivity index (χ1) is 10.8. The molecule has 5 nitrogen and oxygen atoms in total. The van der Waals surface area contributed by atoms with Crippen LogP contribution >= 0.6 is 0 Å². The Kier molecular flexibility index (Phi) is 4.53. The second-order valence-corrected chi connectivity index (χ2v) is 5.74. The van der Waals surface area contributed by atoms with Crippen molar-refractivity contribution < 1.29 is 0 Å². The van der Waals surface area contributed by atoms with Crippen molar-refractivity contribution in [3.05, 3.63) is 48.2 Å². The van der Waals surface area contributed by atoms with E-state index >= 15 is 0 Å². The van der Waals surface area contributed by atoms with Crippen LogP contribution in [0.2, 0.25) is 0 Å². The maximum Gasteiger partial charge on any atom is 0.225 e. The molecule has 116 valence electrons. The average molecular weight is 297 g/mol. The van der Waals surface area contributed by atoms with Gasteiger partial charge in [-0.2, -0.15) is 4.98 Å². The molecule has 1 aliphatic heterocycles. The molecule has 2 N–H and O–H groups in total. The second kappa shape index (κ2) is 6.75. The molecule has 1 fully saturated rings. The second-order valence-electron chi connectivity index (χ2n) is 5.74. The molecule has 0 saturated carbocycles. The number of benzene rings is 1. The zero-order valence-corrected chi connectivity index (χ0v) is 13.2. The van der Waals surface area contributed by atoms with Crippen LogP contribution in [0, 0.1) is 0 Å². The standard InChI is InChI=1S/C17H23N5/c1-13(14-6-4-3-5-7-14)20-17-19-10-8-16(21-17)22-11-9-15(12-22)18-2/h3-8,10,13,15,18H,9,11-12H2,1-2H3,(H,19,20,21)/t13-,15-/m1/s1. The first-order valence-corrected chi connectivity index (χ1v) is 7.83. The normalized spacial score (nSPS) is 19.2. The van der Waals surface area contributed by atoms with Crippen LogP contribution in [0.1, 0.15) is 24.9 Å². The fourth-order valence-electron chi connectivity index (χ4n) is 2.82. The van der Waals surface area contributed by atoms with Gasteiger partial charge in [-0.05, 0) is 32.0 Å². The van der Waals surface area contributed by atoms with Crippen molar-refractivity contribution in [2.45, 2.75) is 25.4 Å². The predicted octanol–water partition coefficient (Wildman–Crippen LogP) is 2.45. The molecular formula is C17H23N5. The lowest BCUT2D eigenvalue weighted by Crippen LogP contribution is -2.30. The van der Waals surface area contributed by atoms with E-state index in [1.54, 1.807) is 0 Å². The van der Waals surface area contributed by atoms with Crippen molar-refractivity contribution in [2.75, 3.05) is 30.4 Å². The van der Waals surface area contributed by atoms with Gasteiger partial charge in [0.15, 0.2) is 0 Å². The van der Waals surface area contributed by atoms with Crippen LogP contribution in [0.4, 0.5) is 11.8 Å². The molecular weight excluding hydrogens is 274 g/mol. The van der Waals surface area contributed by atoms with Gasteiger partial charge in [0.1, 0.15) is 5.82 Å². The highest BCUT2D eigenvalue weighted by molar-refractivity contribution is 5.44. The van der Waals surface area contributed by atoms with Gasteiger partial charge in [0.2, 0.25) is 5.95 Å². The zero-order chi connectivity index (χ0) is 15.4. The summed E-state index contributed by atoms with van der Waals surface area (Å²) in [5, 5.41) is 6.71. The van der Waals surface area contributed by atoms with E-state index in [0.29, 0.717) is 12.0 Å². The summed E-state index contributed by atoms with van der Waals surface area (Å²) in [5.41, 5.74) is 1.23. The highest BCUT2D eigenvalue weighted by atomic mass is 15.3. The topological polar surface area (TPSA) is 53.1 Å². The average Bonchev–Trinajstić information content (AvgIpc) is 3.05. The molecule has 1 aromatic heterocycles. The van der Waals surface area contributed by atoms with Gasteiger partial charge in [-0.1, -0.05) is 30.3 Å². The Morgan fingerprint density at radius 1 is 1.23 bits per heavy atom. The molecule has 22 heavy (non-hydrogen) atoms. The summed E-state index contributed by atoms with van der Waals surface area (Å²) in [5.74, 6) is 1.68. The minimum atomic E-state index is 0.181. The maximum absolute atomic E-state index is 4.66. The number of likely N-dealkylation sites (N-methyl/N-ethyl adjacent to an activating group) is 1. The molecule has 3 rings (SSSR count). The molecule has 5 heteroatoms. The van der Waals surface area contributed by atoms with E-state index < -0.39 is 0 Å². The van der Waals surface area contributed by atoms with Crippen LogP contribution < -0.4 is 15.5 Å². The molecule has 2 aromatic rings. The number of rotatable bonds is 5. The van der Waals surface area contributed by atoms with Crippen LogP contribution in [0.5, 0.6) is 0 Å². The molecule has 0 amide bonds. The van der Waals surface area contributed by atoms with Crippen molar-refractivity contribution in [1.82, 2.24) is 15.3 Å². The molecule has 0 radical (unpaired) electrons. The lowest BCUT2D eigenvalue weighted by molar-refractivity contribution is 0.616. The third-order valence-corrected chi connectivity index (χ3v) is 4.21. The van der Waals surface area contributed by atoms with Crippen LogP contribution in [0.3, 0.4) is 0 Å². The van der Waals surface area contributed by atoms with Gasteiger partial charge < -0.3 is 15.5 Å². The van der Waals surface area contributed by atoms with Crippen molar-refractivity contribution >= 4 is 11.8 Å². The Labute approximate surface area is 131 Å². The molecule has 2 heterocycles. The maximum atomic E-state index is 4.66. The lowest BCUT2D eigenvalue weighted by Gasteiger charge is -2.19. The minimum absolute atomic E-state index is 0.181. The Morgan fingerprint density at radius 3 is 2.77 bits per heavy atom. The molecule has 1 aromatic carbocycles. The largest absolute Gasteiger partial charge is 0.355 e. The van der Waals surface area contributed by atoms with Gasteiger partial charge in [0.05, 0.1) is 6.04 Å². The fourth-order valence-corrected chi connectivity index (χ4v) is 2.82. The third-order valence-electron chi connectivity index (χ3n) is 4.21. The van der Waals surface area contributed by atoms with Crippen molar-refractivity contribution in [2.24, 2.45) is 0 Å². The smallest absolute Gasteiger partial charge is 0.225 e. The minimum Gasteiger partial charge on any atom is -0.355 e. The molecule has 2 atom stereocenters. The number of anilines is 2. The number of nitrogens with one attached hydrogen (secondary N) is 2. The van der Waals surface area contributed by atoms with E-state index in [9.17, 15) is 0 Å². The molecule has 1 aliphatic rings. The summed E-state index contributed by atoms with van der Waals surface area (Å²) >= 11 is 0. The summed E-state index contributed by atoms with van der Waals surface area (Å²) in [6, 6.07) is 13.1. The van der Waals surface area contributed by atoms with Crippen molar-refractivity contribution in [3.8, 4) is 0 Å². The molecule has 0 unspecified atom stereocenters. The van der Waals surface area contributed by atoms with Crippen LogP contribution in [0.25, 0.3) is 0 Å². The van der Waals surface area contributed by atoms with E-state index in [1.807, 2.05) is 37.5 Å². The monoisotopic (exact) mass is 297 g/mol. The van der Waals surface area contributed by atoms with E-state index in [2.05, 4.69) is 44.6 Å². The predicted molar refractivity (Wildman–Crippen MR) is 90.2 cm³/mol. The third kappa shape index (κ3) is 3.36. The van der Waals surface area contributed by atoms with Crippen LogP contribution in [-0.2, 0) is 0 Å². The molecule has 0 spiro atoms. The van der Waals surface area contributed by atoms with E-state index in [0.717, 1.165) is 25.3 Å². The lowest BCUT2D eigenvalue weighted by atomic mass is 10.1. The Balaban J connectivity index is 1.69. The van der Waals surface area contributed by atoms with Gasteiger partial charge in [-0.25, -0.2) is 4.98 Å². The number of hydrogen-bond acceptors (Lipinski definition) is 5. The summed E-state index contributed by atoms with van der Waals surface area (Å²) < 4.78 is 0. The zero-order valence-electron chi connectivity index (χ0n) is 13.2. The van der Waals surface area contributed by atoms with E-state index in [-0.39, 0.29) is 6.04 Å². The molecule has 0 aliphatic carbocycles. The van der Waals surface area contributed by atoms with Crippen LogP contribution in [0.15, 0.2) is 42.6 Å². The number of nitrogens with zero attached hydrogens (tertiary/aromatic N) is 3. The quantitative estimate of drug-likeness (QED) is 0.888. The first-order valence-electron chi connectivity index (χ1n) is 7.83. The highest BCUT2D eigenvalue weighted by Crippen LogP contribution is 2.21. The summed E-state index contributed by atoms with van der Waals surface area (Å²) in [7, 11) is 2.02. The Hall–Kier alpha value is -2.14. The first kappa shape index (κ1) is 14.8. The Morgan fingerprint density at radius 2 is 2.05 bits per heavy atom. The van der Waals surface area contributed by atoms with Gasteiger partial charge in [0, 0.05) is 25.3 Å². The van der Waals surface area contributed by atoms with Crippen LogP contribution in [-0.4, -0.2) is 36.1 Å². The number of aromatic nitrogens is 2. The molecule has 1 saturated heterocycles. The molecule has 0 bridgehead atoms. The van der Waals surface area contributed by atoms with Gasteiger partial charge in [-0.15, -0.1) is 0 Å². The van der Waals surface area contributed by atoms with Gasteiger partial charge >= 0.3 is 0 Å². The summed E-state index contributed by atoms with van der Waals surface area (Å²) in [6.45, 7) is 4.16. The van der Waals surface area contributed by atoms with Crippen molar-refractivity contribution in [1.29, 1.82) is 0 Å². The highest BCUT2D eigenvalue weighted by Gasteiger charge is 2.22. The SMILES string of the molecule is CN[C@@H]1CCN(c2ccnc(N[C@H](C)c3ccccc3)n2)C1. The van der Waals surface area contributed by atoms with E-state index in [1.165, 1.54) is 5.56 Å².